The van der Waals surface area contributed by atoms with Gasteiger partial charge in [-0.05, 0) is 110 Å². The van der Waals surface area contributed by atoms with Gasteiger partial charge < -0.3 is 23.1 Å². The van der Waals surface area contributed by atoms with Crippen LogP contribution in [0.15, 0.2) is 0 Å². The summed E-state index contributed by atoms with van der Waals surface area (Å²) in [5, 5.41) is -0.0457. The molecule has 3 aliphatic rings. The van der Waals surface area contributed by atoms with Gasteiger partial charge in [-0.15, -0.1) is 0 Å². The van der Waals surface area contributed by atoms with Crippen LogP contribution >= 0.6 is 0 Å². The second-order valence-corrected chi connectivity index (χ2v) is 28.8. The Morgan fingerprint density at radius 1 is 0.708 bits per heavy atom. The predicted molar refractivity (Wildman–Crippen MR) is 194 cm³/mol. The van der Waals surface area contributed by atoms with E-state index >= 15 is 0 Å². The maximum atomic E-state index is 14.4. The van der Waals surface area contributed by atoms with E-state index in [1.165, 1.54) is 0 Å². The summed E-state index contributed by atoms with van der Waals surface area (Å²) in [6.45, 7) is 33.9. The Hall–Kier alpha value is -1.64. The fourth-order valence-corrected chi connectivity index (χ4v) is 8.84. The minimum Gasteiger partial charge on any atom is -0.460 e. The number of esters is 1. The number of rotatable bonds is 8. The molecule has 0 saturated carbocycles. The summed E-state index contributed by atoms with van der Waals surface area (Å²) in [6.07, 6.45) is 1.94. The van der Waals surface area contributed by atoms with Crippen molar-refractivity contribution in [3.05, 3.63) is 0 Å². The average molecular weight is 713 g/mol. The van der Waals surface area contributed by atoms with Crippen LogP contribution < -0.4 is 0 Å². The fraction of sp³-hybridized carbons (Fsp3) is 0.917. The largest absolute Gasteiger partial charge is 0.460 e. The molecule has 278 valence electrons. The molecule has 0 aromatic rings. The van der Waals surface area contributed by atoms with Gasteiger partial charge in [-0.2, -0.15) is 0 Å². The Morgan fingerprint density at radius 3 is 1.62 bits per heavy atom. The van der Waals surface area contributed by atoms with Crippen molar-refractivity contribution in [2.75, 3.05) is 6.61 Å². The number of carbonyl (C=O) groups is 3. The van der Waals surface area contributed by atoms with Crippen molar-refractivity contribution in [3.8, 4) is 0 Å². The zero-order valence-corrected chi connectivity index (χ0v) is 35.1. The second kappa shape index (κ2) is 14.2. The average Bonchev–Trinajstić information content (AvgIpc) is 3.60. The standard InChI is InChI=1S/C36H68N2O8Si2/c1-33(2,3)44-31(40)37-24(17-19-26(37)28-21-22-30(39)43-28)25-18-20-27(38(25)32(41)45-34(4,5)6)29(46-48(15,16)36(10,11)12)23-42-47(13,14)35(7,8)9/h24-29H,17-23H2,1-16H3/t24-,25+,26-,27-,28-,29-/m1/s1. The van der Waals surface area contributed by atoms with Crippen LogP contribution in [-0.4, -0.2) is 98.8 Å². The topological polar surface area (TPSA) is 104 Å². The normalized spacial score (nSPS) is 26.9. The molecule has 10 nitrogen and oxygen atoms in total. The van der Waals surface area contributed by atoms with Crippen molar-refractivity contribution < 1.29 is 37.4 Å². The molecular weight excluding hydrogens is 645 g/mol. The van der Waals surface area contributed by atoms with Crippen LogP contribution in [0.4, 0.5) is 9.59 Å². The first kappa shape index (κ1) is 40.8. The number of likely N-dealkylation sites (tertiary alicyclic amines) is 2. The predicted octanol–water partition coefficient (Wildman–Crippen LogP) is 8.64. The van der Waals surface area contributed by atoms with Crippen LogP contribution in [0.1, 0.15) is 122 Å². The first-order valence-electron chi connectivity index (χ1n) is 18.1. The summed E-state index contributed by atoms with van der Waals surface area (Å²) >= 11 is 0. The Morgan fingerprint density at radius 2 is 1.17 bits per heavy atom. The Kier molecular flexibility index (Phi) is 12.0. The summed E-state index contributed by atoms with van der Waals surface area (Å²) in [7, 11) is -4.47. The van der Waals surface area contributed by atoms with Gasteiger partial charge in [-0.25, -0.2) is 9.59 Å². The van der Waals surface area contributed by atoms with Crippen LogP contribution in [0.3, 0.4) is 0 Å². The molecule has 0 radical (unpaired) electrons. The van der Waals surface area contributed by atoms with Crippen LogP contribution in [-0.2, 0) is 27.9 Å². The first-order chi connectivity index (χ1) is 21.5. The van der Waals surface area contributed by atoms with E-state index in [0.717, 1.165) is 0 Å². The van der Waals surface area contributed by atoms with Gasteiger partial charge in [0, 0.05) is 6.42 Å². The second-order valence-electron chi connectivity index (χ2n) is 19.3. The molecule has 0 unspecified atom stereocenters. The lowest BCUT2D eigenvalue weighted by Crippen LogP contribution is -2.60. The highest BCUT2D eigenvalue weighted by Gasteiger charge is 2.55. The maximum absolute atomic E-state index is 14.4. The van der Waals surface area contributed by atoms with Gasteiger partial charge in [0.25, 0.3) is 0 Å². The number of hydrogen-bond donors (Lipinski definition) is 0. The Bertz CT molecular complexity index is 1160. The van der Waals surface area contributed by atoms with E-state index in [0.29, 0.717) is 45.1 Å². The third kappa shape index (κ3) is 9.78. The highest BCUT2D eigenvalue weighted by atomic mass is 28.4. The molecule has 6 atom stereocenters. The number of cyclic esters (lactones) is 1. The molecule has 3 fully saturated rings. The molecular formula is C36H68N2O8Si2. The van der Waals surface area contributed by atoms with Gasteiger partial charge in [-0.3, -0.25) is 14.6 Å². The zero-order chi connectivity index (χ0) is 36.8. The van der Waals surface area contributed by atoms with Crippen molar-refractivity contribution in [2.45, 2.75) is 205 Å². The molecule has 12 heteroatoms. The fourth-order valence-electron chi connectivity index (χ4n) is 6.49. The molecule has 0 spiro atoms. The van der Waals surface area contributed by atoms with E-state index in [1.807, 2.05) is 46.4 Å². The number of nitrogens with zero attached hydrogens (tertiary/aromatic N) is 2. The minimum absolute atomic E-state index is 0.00799. The summed E-state index contributed by atoms with van der Waals surface area (Å²) in [6, 6.07) is -1.31. The lowest BCUT2D eigenvalue weighted by molar-refractivity contribution is -0.143. The zero-order valence-electron chi connectivity index (χ0n) is 33.1. The lowest BCUT2D eigenvalue weighted by atomic mass is 10.0. The monoisotopic (exact) mass is 712 g/mol. The highest BCUT2D eigenvalue weighted by molar-refractivity contribution is 6.74. The summed E-state index contributed by atoms with van der Waals surface area (Å²) in [4.78, 5) is 44.2. The molecule has 48 heavy (non-hydrogen) atoms. The van der Waals surface area contributed by atoms with Crippen LogP contribution in [0, 0.1) is 0 Å². The van der Waals surface area contributed by atoms with Gasteiger partial charge in [0.1, 0.15) is 17.3 Å². The first-order valence-corrected chi connectivity index (χ1v) is 23.9. The SMILES string of the molecule is CC(C)(C)OC(=O)N1[C@@H]([C@H]2CCC(=O)O2)CC[C@@H]1[C@@H]1CC[C@H]([C@@H](CO[Si](C)(C)C(C)(C)C)O[Si](C)(C)C(C)(C)C)N1C(=O)OC(C)(C)C. The Labute approximate surface area is 293 Å². The van der Waals surface area contributed by atoms with Crippen LogP contribution in [0.25, 0.3) is 0 Å². The third-order valence-electron chi connectivity index (χ3n) is 11.0. The van der Waals surface area contributed by atoms with Crippen LogP contribution in [0.5, 0.6) is 0 Å². The van der Waals surface area contributed by atoms with Gasteiger partial charge in [0.05, 0.1) is 36.9 Å². The molecule has 0 N–H and O–H groups in total. The number of hydrogen-bond acceptors (Lipinski definition) is 8. The molecule has 0 aliphatic carbocycles. The van der Waals surface area contributed by atoms with Gasteiger partial charge >= 0.3 is 18.2 Å². The number of ether oxygens (including phenoxy) is 3. The van der Waals surface area contributed by atoms with E-state index in [9.17, 15) is 14.4 Å². The lowest BCUT2D eigenvalue weighted by Gasteiger charge is -2.46. The summed E-state index contributed by atoms with van der Waals surface area (Å²) in [5.74, 6) is -0.240. The molecule has 0 aromatic carbocycles. The van der Waals surface area contributed by atoms with E-state index < -0.39 is 46.1 Å². The maximum Gasteiger partial charge on any atom is 0.410 e. The summed E-state index contributed by atoms with van der Waals surface area (Å²) < 4.78 is 31.8. The third-order valence-corrected chi connectivity index (χ3v) is 20.0. The van der Waals surface area contributed by atoms with Gasteiger partial charge in [0.15, 0.2) is 16.6 Å². The van der Waals surface area contributed by atoms with Crippen molar-refractivity contribution >= 4 is 34.8 Å². The molecule has 2 amide bonds. The van der Waals surface area contributed by atoms with E-state index in [-0.39, 0.29) is 46.3 Å². The number of amides is 2. The van der Waals surface area contributed by atoms with Crippen molar-refractivity contribution in [3.63, 3.8) is 0 Å². The molecule has 3 rings (SSSR count). The molecule has 3 saturated heterocycles. The van der Waals surface area contributed by atoms with Gasteiger partial charge in [-0.1, -0.05) is 41.5 Å². The molecule has 0 bridgehead atoms. The Balaban J connectivity index is 2.08. The van der Waals surface area contributed by atoms with E-state index in [1.54, 1.807) is 4.90 Å². The van der Waals surface area contributed by atoms with Crippen LogP contribution in [0.2, 0.25) is 36.3 Å². The quantitative estimate of drug-likeness (QED) is 0.140. The smallest absolute Gasteiger partial charge is 0.410 e. The molecule has 3 heterocycles. The minimum atomic E-state index is -2.31. The van der Waals surface area contributed by atoms with Crippen molar-refractivity contribution in [1.29, 1.82) is 0 Å². The highest BCUT2D eigenvalue weighted by Crippen LogP contribution is 2.44. The van der Waals surface area contributed by atoms with Crippen molar-refractivity contribution in [1.82, 2.24) is 9.80 Å². The van der Waals surface area contributed by atoms with E-state index in [2.05, 4.69) is 67.7 Å². The summed E-state index contributed by atoms with van der Waals surface area (Å²) in [5.41, 5.74) is -1.43. The van der Waals surface area contributed by atoms with E-state index in [4.69, 9.17) is 23.1 Å². The van der Waals surface area contributed by atoms with Gasteiger partial charge in [0.2, 0.25) is 0 Å². The van der Waals surface area contributed by atoms with Crippen molar-refractivity contribution in [2.24, 2.45) is 0 Å². The molecule has 3 aliphatic heterocycles. The molecule has 0 aromatic heterocycles. The number of carbonyl (C=O) groups excluding carboxylic acids is 3.